The Labute approximate surface area is 182 Å². The maximum absolute atomic E-state index is 12.0. The Morgan fingerprint density at radius 1 is 1.25 bits per heavy atom. The second-order valence-corrected chi connectivity index (χ2v) is 5.94. The van der Waals surface area contributed by atoms with Gasteiger partial charge in [0.05, 0.1) is 6.54 Å². The van der Waals surface area contributed by atoms with Crippen LogP contribution in [0, 0.1) is 6.92 Å². The molecule has 154 valence electrons. The van der Waals surface area contributed by atoms with Crippen molar-refractivity contribution in [1.29, 1.82) is 0 Å². The number of nitrogens with zero attached hydrogens (tertiary/aromatic N) is 5. The first-order chi connectivity index (χ1) is 13.1. The van der Waals surface area contributed by atoms with Gasteiger partial charge in [0, 0.05) is 38.2 Å². The highest BCUT2D eigenvalue weighted by Crippen LogP contribution is 2.04. The van der Waals surface area contributed by atoms with Crippen molar-refractivity contribution in [3.05, 3.63) is 36.0 Å². The molecule has 2 aromatic rings. The van der Waals surface area contributed by atoms with Crippen molar-refractivity contribution in [2.75, 3.05) is 25.0 Å². The van der Waals surface area contributed by atoms with Gasteiger partial charge >= 0.3 is 0 Å². The molecule has 10 heteroatoms. The Hall–Kier alpha value is -2.24. The largest absolute Gasteiger partial charge is 0.357 e. The molecule has 0 saturated heterocycles. The summed E-state index contributed by atoms with van der Waals surface area (Å²) in [7, 11) is 0. The van der Waals surface area contributed by atoms with Crippen molar-refractivity contribution in [1.82, 2.24) is 30.4 Å². The molecule has 2 heterocycles. The van der Waals surface area contributed by atoms with Crippen LogP contribution in [0.5, 0.6) is 0 Å². The average molecular weight is 500 g/mol. The molecule has 0 saturated carbocycles. The van der Waals surface area contributed by atoms with E-state index < -0.39 is 0 Å². The zero-order valence-corrected chi connectivity index (χ0v) is 18.9. The Balaban J connectivity index is 0.00000392. The summed E-state index contributed by atoms with van der Waals surface area (Å²) in [6.07, 6.45) is 2.87. The number of hydrogen-bond donors (Lipinski definition) is 3. The van der Waals surface area contributed by atoms with Gasteiger partial charge in [-0.2, -0.15) is 0 Å². The summed E-state index contributed by atoms with van der Waals surface area (Å²) in [6, 6.07) is 5.52. The zero-order valence-electron chi connectivity index (χ0n) is 16.6. The number of pyridine rings is 1. The lowest BCUT2D eigenvalue weighted by molar-refractivity contribution is -0.116. The van der Waals surface area contributed by atoms with Gasteiger partial charge in [-0.1, -0.05) is 13.0 Å². The molecule has 0 spiro atoms. The fourth-order valence-corrected chi connectivity index (χ4v) is 2.46. The topological polar surface area (TPSA) is 109 Å². The summed E-state index contributed by atoms with van der Waals surface area (Å²) in [5.41, 5.74) is 0.865. The van der Waals surface area contributed by atoms with Gasteiger partial charge in [0.15, 0.2) is 5.96 Å². The summed E-state index contributed by atoms with van der Waals surface area (Å²) in [6.45, 7) is 8.52. The van der Waals surface area contributed by atoms with Crippen molar-refractivity contribution >= 4 is 41.7 Å². The molecule has 3 N–H and O–H groups in total. The van der Waals surface area contributed by atoms with Gasteiger partial charge in [0.25, 0.3) is 0 Å². The Morgan fingerprint density at radius 3 is 2.79 bits per heavy atom. The Bertz CT molecular complexity index is 762. The molecule has 2 rings (SSSR count). The molecule has 0 aliphatic rings. The van der Waals surface area contributed by atoms with E-state index in [4.69, 9.17) is 0 Å². The van der Waals surface area contributed by atoms with Crippen molar-refractivity contribution in [3.63, 3.8) is 0 Å². The number of aliphatic imine (C=N–C) groups is 1. The highest BCUT2D eigenvalue weighted by molar-refractivity contribution is 14.0. The van der Waals surface area contributed by atoms with E-state index in [0.29, 0.717) is 24.9 Å². The van der Waals surface area contributed by atoms with Gasteiger partial charge in [-0.25, -0.2) is 4.98 Å². The predicted molar refractivity (Wildman–Crippen MR) is 121 cm³/mol. The maximum atomic E-state index is 12.0. The van der Waals surface area contributed by atoms with E-state index in [1.165, 1.54) is 0 Å². The van der Waals surface area contributed by atoms with Crippen LogP contribution in [-0.4, -0.2) is 51.2 Å². The number of nitrogens with one attached hydrogen (secondary N) is 3. The molecule has 1 amide bonds. The van der Waals surface area contributed by atoms with Gasteiger partial charge in [0.1, 0.15) is 18.0 Å². The van der Waals surface area contributed by atoms with E-state index in [1.54, 1.807) is 12.4 Å². The molecule has 0 bridgehead atoms. The van der Waals surface area contributed by atoms with Crippen molar-refractivity contribution in [2.24, 2.45) is 4.99 Å². The summed E-state index contributed by atoms with van der Waals surface area (Å²) in [5.74, 6) is 2.10. The molecule has 28 heavy (non-hydrogen) atoms. The number of amides is 1. The molecule has 9 nitrogen and oxygen atoms in total. The molecule has 0 unspecified atom stereocenters. The molecular weight excluding hydrogens is 471 g/mol. The monoisotopic (exact) mass is 500 g/mol. The number of rotatable bonds is 9. The highest BCUT2D eigenvalue weighted by atomic mass is 127. The SMILES string of the molecule is CCNC(=NCCC(=O)Nc1cccc(C)n1)NCCn1cnnc1CC.I. The lowest BCUT2D eigenvalue weighted by Gasteiger charge is -2.12. The normalized spacial score (nSPS) is 10.9. The van der Waals surface area contributed by atoms with E-state index in [9.17, 15) is 4.79 Å². The lowest BCUT2D eigenvalue weighted by Crippen LogP contribution is -2.39. The van der Waals surface area contributed by atoms with Crippen LogP contribution < -0.4 is 16.0 Å². The summed E-state index contributed by atoms with van der Waals surface area (Å²) in [4.78, 5) is 20.7. The molecule has 2 aromatic heterocycles. The van der Waals surface area contributed by atoms with Crippen molar-refractivity contribution < 1.29 is 4.79 Å². The molecule has 0 atom stereocenters. The van der Waals surface area contributed by atoms with Gasteiger partial charge < -0.3 is 20.5 Å². The Morgan fingerprint density at radius 2 is 2.07 bits per heavy atom. The van der Waals surface area contributed by atoms with Crippen molar-refractivity contribution in [3.8, 4) is 0 Å². The molecular formula is C18H29IN8O. The predicted octanol–water partition coefficient (Wildman–Crippen LogP) is 1.75. The first-order valence-electron chi connectivity index (χ1n) is 9.24. The van der Waals surface area contributed by atoms with Crippen LogP contribution in [0.15, 0.2) is 29.5 Å². The third kappa shape index (κ3) is 8.19. The number of halogens is 1. The third-order valence-corrected chi connectivity index (χ3v) is 3.77. The lowest BCUT2D eigenvalue weighted by atomic mass is 10.3. The minimum absolute atomic E-state index is 0. The summed E-state index contributed by atoms with van der Waals surface area (Å²) < 4.78 is 2.01. The van der Waals surface area contributed by atoms with Crippen LogP contribution in [-0.2, 0) is 17.8 Å². The van der Waals surface area contributed by atoms with Crippen molar-refractivity contribution in [2.45, 2.75) is 40.2 Å². The highest BCUT2D eigenvalue weighted by Gasteiger charge is 2.05. The number of carbonyl (C=O) groups excluding carboxylic acids is 1. The smallest absolute Gasteiger partial charge is 0.227 e. The number of guanidine groups is 1. The van der Waals surface area contributed by atoms with Crippen LogP contribution >= 0.6 is 24.0 Å². The minimum Gasteiger partial charge on any atom is -0.357 e. The van der Waals surface area contributed by atoms with Crippen LogP contribution in [0.4, 0.5) is 5.82 Å². The fourth-order valence-electron chi connectivity index (χ4n) is 2.46. The van der Waals surface area contributed by atoms with Crippen LogP contribution in [0.1, 0.15) is 31.8 Å². The number of hydrogen-bond acceptors (Lipinski definition) is 5. The standard InChI is InChI=1S/C18H28N8O.HI/c1-4-16-25-22-13-26(16)12-11-21-18(19-5-2)20-10-9-17(27)24-15-8-6-7-14(3)23-15;/h6-8,13H,4-5,9-12H2,1-3H3,(H2,19,20,21)(H,23,24,27);1H. The zero-order chi connectivity index (χ0) is 19.5. The van der Waals surface area contributed by atoms with E-state index in [1.807, 2.05) is 30.5 Å². The second kappa shape index (κ2) is 13.0. The number of carbonyl (C=O) groups is 1. The third-order valence-electron chi connectivity index (χ3n) is 3.77. The first kappa shape index (κ1) is 23.8. The van der Waals surface area contributed by atoms with E-state index in [-0.39, 0.29) is 36.3 Å². The number of aryl methyl sites for hydroxylation is 2. The van der Waals surface area contributed by atoms with E-state index in [2.05, 4.69) is 43.0 Å². The van der Waals surface area contributed by atoms with E-state index in [0.717, 1.165) is 31.0 Å². The van der Waals surface area contributed by atoms with Gasteiger partial charge in [-0.3, -0.25) is 9.79 Å². The van der Waals surface area contributed by atoms with Crippen LogP contribution in [0.3, 0.4) is 0 Å². The molecule has 0 fully saturated rings. The van der Waals surface area contributed by atoms with Gasteiger partial charge in [0.2, 0.25) is 5.91 Å². The van der Waals surface area contributed by atoms with E-state index >= 15 is 0 Å². The molecule has 0 aliphatic carbocycles. The van der Waals surface area contributed by atoms with Gasteiger partial charge in [-0.15, -0.1) is 34.2 Å². The molecule has 0 aromatic carbocycles. The second-order valence-electron chi connectivity index (χ2n) is 5.94. The first-order valence-corrected chi connectivity index (χ1v) is 9.24. The quantitative estimate of drug-likeness (QED) is 0.275. The minimum atomic E-state index is -0.107. The average Bonchev–Trinajstić information content (AvgIpc) is 3.09. The van der Waals surface area contributed by atoms with Crippen LogP contribution in [0.2, 0.25) is 0 Å². The maximum Gasteiger partial charge on any atom is 0.227 e. The summed E-state index contributed by atoms with van der Waals surface area (Å²) in [5, 5.41) is 17.2. The number of aromatic nitrogens is 4. The number of anilines is 1. The molecule has 0 radical (unpaired) electrons. The van der Waals surface area contributed by atoms with Crippen LogP contribution in [0.25, 0.3) is 0 Å². The molecule has 0 aliphatic heterocycles. The van der Waals surface area contributed by atoms with Gasteiger partial charge in [-0.05, 0) is 26.0 Å². The summed E-state index contributed by atoms with van der Waals surface area (Å²) >= 11 is 0. The Kier molecular flexibility index (Phi) is 11.1. The fraction of sp³-hybridized carbons (Fsp3) is 0.500.